The minimum atomic E-state index is -2.45. The molecule has 4 rings (SSSR count). The molecule has 20 N–H and O–H groups in total. The van der Waals surface area contributed by atoms with E-state index in [9.17, 15) is 101 Å². The van der Waals surface area contributed by atoms with Gasteiger partial charge in [0.1, 0.15) is 97.5 Å². The second-order valence-electron chi connectivity index (χ2n) is 16.4. The highest BCUT2D eigenvalue weighted by Crippen LogP contribution is 2.35. The molecule has 4 aliphatic rings. The molecule has 0 bridgehead atoms. The predicted molar refractivity (Wildman–Crippen MR) is 218 cm³/mol. The Morgan fingerprint density at radius 3 is 1.38 bits per heavy atom. The average molecular weight is 997 g/mol. The third-order valence-corrected chi connectivity index (χ3v) is 11.5. The minimum absolute atomic E-state index is 0.109. The van der Waals surface area contributed by atoms with Crippen LogP contribution in [-0.4, -0.2) is 280 Å². The average Bonchev–Trinajstić information content (AvgIpc) is 3.54. The van der Waals surface area contributed by atoms with Gasteiger partial charge in [0.05, 0.1) is 39.5 Å². The van der Waals surface area contributed by atoms with E-state index < -0.39 is 173 Å². The van der Waals surface area contributed by atoms with Crippen LogP contribution in [0, 0.1) is 0 Å². The lowest BCUT2D eigenvalue weighted by Crippen LogP contribution is -2.68. The summed E-state index contributed by atoms with van der Waals surface area (Å²) in [5, 5.41) is 170. The number of amides is 2. The van der Waals surface area contributed by atoms with Crippen molar-refractivity contribution in [2.75, 3.05) is 52.6 Å². The van der Waals surface area contributed by atoms with Gasteiger partial charge in [-0.05, 0) is 26.7 Å². The first-order valence-electron chi connectivity index (χ1n) is 21.7. The first-order valence-corrected chi connectivity index (χ1v) is 21.7. The zero-order valence-electron chi connectivity index (χ0n) is 37.1. The number of rotatable bonds is 23. The van der Waals surface area contributed by atoms with Gasteiger partial charge in [-0.2, -0.15) is 0 Å². The van der Waals surface area contributed by atoms with E-state index in [4.69, 9.17) is 28.4 Å². The molecule has 2 amide bonds. The second-order valence-corrected chi connectivity index (χ2v) is 16.4. The number of carboxylic acids is 2. The maximum atomic E-state index is 11.6. The molecule has 0 saturated carbocycles. The standard InChI is InChI=1S/2C19H34N2O13/c1-2-20-11(24)4-3-8(17(29)30)21-7-19(31)16(28)15(9(23)6-32-19)34-18-14(27)13(26)12(25)10(5-22)33-18;1-2-20-11(24)4-3-8(17(29)30)21-7-19(31)16(28)15(10(6-23)34-19)33-18-14(27)13(26)12(25)9(5-22)32-18/h2*8-10,12-16,18,21-23,25-28,31H,2-7H2,1H3,(H,20,24)(H,29,30)/t8-,9+,10+,12+,13-,14+,15+,16-,18+,19?;8-,9+,10+,12+,13-,14+,15?,16-,18+,19?/m00/s1. The molecule has 0 aliphatic carbocycles. The smallest absolute Gasteiger partial charge is 0.320 e. The zero-order chi connectivity index (χ0) is 51.3. The van der Waals surface area contributed by atoms with E-state index in [-0.39, 0.29) is 37.5 Å². The predicted octanol–water partition coefficient (Wildman–Crippen LogP) is -10.9. The Hall–Kier alpha value is -3.00. The highest BCUT2D eigenvalue weighted by atomic mass is 16.7. The second kappa shape index (κ2) is 27.0. The normalized spacial score (nSPS) is 39.2. The highest BCUT2D eigenvalue weighted by molar-refractivity contribution is 5.79. The van der Waals surface area contributed by atoms with E-state index in [1.807, 2.05) is 0 Å². The summed E-state index contributed by atoms with van der Waals surface area (Å²) in [5.74, 6) is -8.23. The first-order chi connectivity index (χ1) is 31.9. The van der Waals surface area contributed by atoms with E-state index >= 15 is 0 Å². The highest BCUT2D eigenvalue weighted by Gasteiger charge is 2.57. The number of carbonyl (C=O) groups excluding carboxylic acids is 2. The summed E-state index contributed by atoms with van der Waals surface area (Å²) < 4.78 is 31.6. The molecule has 0 radical (unpaired) electrons. The number of aliphatic hydroxyl groups excluding tert-OH is 12. The molecule has 20 atom stereocenters. The van der Waals surface area contributed by atoms with Crippen molar-refractivity contribution in [2.24, 2.45) is 0 Å². The number of hydrogen-bond acceptors (Lipinski definition) is 26. The number of hydrogen-bond donors (Lipinski definition) is 20. The van der Waals surface area contributed by atoms with Crippen LogP contribution >= 0.6 is 0 Å². The van der Waals surface area contributed by atoms with Crippen LogP contribution in [0.3, 0.4) is 0 Å². The Kier molecular flexibility index (Phi) is 23.5. The summed E-state index contributed by atoms with van der Waals surface area (Å²) in [7, 11) is 0. The molecule has 0 spiro atoms. The molecule has 0 aromatic rings. The van der Waals surface area contributed by atoms with Crippen molar-refractivity contribution in [1.29, 1.82) is 0 Å². The zero-order valence-corrected chi connectivity index (χ0v) is 37.1. The van der Waals surface area contributed by atoms with Gasteiger partial charge in [0.2, 0.25) is 23.4 Å². The van der Waals surface area contributed by atoms with E-state index in [0.717, 1.165) is 0 Å². The van der Waals surface area contributed by atoms with Crippen LogP contribution in [0.25, 0.3) is 0 Å². The van der Waals surface area contributed by atoms with Crippen LogP contribution in [0.2, 0.25) is 0 Å². The van der Waals surface area contributed by atoms with Crippen molar-refractivity contribution in [1.82, 2.24) is 21.3 Å². The molecule has 30 heteroatoms. The maximum Gasteiger partial charge on any atom is 0.320 e. The molecule has 4 saturated heterocycles. The van der Waals surface area contributed by atoms with Crippen molar-refractivity contribution in [2.45, 2.75) is 161 Å². The Morgan fingerprint density at radius 1 is 0.588 bits per heavy atom. The van der Waals surface area contributed by atoms with Gasteiger partial charge in [0, 0.05) is 25.9 Å². The largest absolute Gasteiger partial charge is 0.480 e. The fourth-order valence-electron chi connectivity index (χ4n) is 7.46. The molecule has 3 unspecified atom stereocenters. The van der Waals surface area contributed by atoms with Gasteiger partial charge < -0.3 is 121 Å². The SMILES string of the molecule is CCNC(=O)CC[C@H](NCC1(O)OC[C@@H](O)[C@@H](O[C@H]2O[C@H](CO)[C@@H](O)[C@H](O)[C@H]2O)[C@@H]1O)C(=O)O.CCNC(=O)CC[C@H](NCC1(O)O[C@H](CO)C(O[C@H]2O[C@H](CO)[C@@H](O)[C@H](O)[C@H]2O)[C@@H]1O)C(=O)O. The molecule has 4 aliphatic heterocycles. The molecule has 0 aromatic heterocycles. The number of ether oxygens (including phenoxy) is 6. The third kappa shape index (κ3) is 15.3. The summed E-state index contributed by atoms with van der Waals surface area (Å²) in [6.07, 6.45) is -26.8. The summed E-state index contributed by atoms with van der Waals surface area (Å²) in [5.41, 5.74) is 0. The lowest BCUT2D eigenvalue weighted by atomic mass is 9.95. The number of carboxylic acid groups (broad SMARTS) is 2. The van der Waals surface area contributed by atoms with E-state index in [1.165, 1.54) is 0 Å². The Labute approximate surface area is 387 Å². The topological polar surface area (TPSA) is 495 Å². The van der Waals surface area contributed by atoms with Gasteiger partial charge in [0.25, 0.3) is 0 Å². The summed E-state index contributed by atoms with van der Waals surface area (Å²) >= 11 is 0. The molecule has 30 nitrogen and oxygen atoms in total. The summed E-state index contributed by atoms with van der Waals surface area (Å²) in [4.78, 5) is 46.2. The van der Waals surface area contributed by atoms with Gasteiger partial charge in [0.15, 0.2) is 12.6 Å². The van der Waals surface area contributed by atoms with Crippen molar-refractivity contribution in [3.63, 3.8) is 0 Å². The monoisotopic (exact) mass is 996 g/mol. The molecule has 4 heterocycles. The lowest BCUT2D eigenvalue weighted by Gasteiger charge is -2.47. The molecule has 68 heavy (non-hydrogen) atoms. The van der Waals surface area contributed by atoms with E-state index in [2.05, 4.69) is 21.3 Å². The number of aliphatic carboxylic acids is 2. The van der Waals surface area contributed by atoms with Crippen LogP contribution in [0.4, 0.5) is 0 Å². The number of carbonyl (C=O) groups is 4. The fourth-order valence-corrected chi connectivity index (χ4v) is 7.46. The van der Waals surface area contributed by atoms with E-state index in [0.29, 0.717) is 13.1 Å². The maximum absolute atomic E-state index is 11.6. The van der Waals surface area contributed by atoms with Crippen LogP contribution < -0.4 is 21.3 Å². The van der Waals surface area contributed by atoms with Crippen molar-refractivity contribution in [3.8, 4) is 0 Å². The molecular formula is C38H68N4O26. The van der Waals surface area contributed by atoms with Crippen molar-refractivity contribution in [3.05, 3.63) is 0 Å². The summed E-state index contributed by atoms with van der Waals surface area (Å²) in [6.45, 7) is 0.119. The number of nitrogens with one attached hydrogen (secondary N) is 4. The first kappa shape index (κ1) is 59.3. The van der Waals surface area contributed by atoms with Gasteiger partial charge in [-0.3, -0.25) is 29.8 Å². The quantitative estimate of drug-likeness (QED) is 0.0452. The van der Waals surface area contributed by atoms with Gasteiger partial charge in [-0.25, -0.2) is 0 Å². The minimum Gasteiger partial charge on any atom is -0.480 e. The van der Waals surface area contributed by atoms with Gasteiger partial charge in [-0.15, -0.1) is 0 Å². The van der Waals surface area contributed by atoms with Gasteiger partial charge >= 0.3 is 11.9 Å². The number of aliphatic hydroxyl groups is 14. The van der Waals surface area contributed by atoms with Crippen LogP contribution in [0.5, 0.6) is 0 Å². The Balaban J connectivity index is 0.000000360. The Morgan fingerprint density at radius 2 is 0.985 bits per heavy atom. The van der Waals surface area contributed by atoms with Crippen molar-refractivity contribution >= 4 is 23.8 Å². The van der Waals surface area contributed by atoms with E-state index in [1.54, 1.807) is 13.8 Å². The van der Waals surface area contributed by atoms with Crippen LogP contribution in [-0.2, 0) is 47.6 Å². The van der Waals surface area contributed by atoms with Gasteiger partial charge in [-0.1, -0.05) is 0 Å². The molecule has 396 valence electrons. The Bertz CT molecular complexity index is 1510. The van der Waals surface area contributed by atoms with Crippen LogP contribution in [0.15, 0.2) is 0 Å². The molecule has 0 aromatic carbocycles. The van der Waals surface area contributed by atoms with Crippen molar-refractivity contribution < 1.29 is 129 Å². The van der Waals surface area contributed by atoms with Crippen LogP contribution in [0.1, 0.15) is 39.5 Å². The molecular weight excluding hydrogens is 928 g/mol. The third-order valence-electron chi connectivity index (χ3n) is 11.5. The fraction of sp³-hybridized carbons (Fsp3) is 0.895. The summed E-state index contributed by atoms with van der Waals surface area (Å²) in [6, 6.07) is -2.56. The molecule has 4 fully saturated rings. The lowest BCUT2D eigenvalue weighted by molar-refractivity contribution is -0.367.